The number of hydrazone groups is 1. The standard InChI is InChI=1S/C23H32N4O2/c1-5-15-27-22(29)19-10-8-7-9-18(19)20(26-27)21(28)25-24-17-13-11-16(12-14-17)23(3,4)6-2/h7-10,16H,5-6,11-15H2,1-4H3,(H,25,28). The zero-order valence-electron chi connectivity index (χ0n) is 18.0. The van der Waals surface area contributed by atoms with Gasteiger partial charge < -0.3 is 0 Å². The Labute approximate surface area is 172 Å². The molecule has 29 heavy (non-hydrogen) atoms. The number of aromatic nitrogens is 2. The van der Waals surface area contributed by atoms with Crippen LogP contribution in [-0.4, -0.2) is 21.4 Å². The molecule has 0 radical (unpaired) electrons. The number of carbonyl (C=O) groups is 1. The van der Waals surface area contributed by atoms with Gasteiger partial charge in [0.1, 0.15) is 0 Å². The maximum Gasteiger partial charge on any atom is 0.292 e. The van der Waals surface area contributed by atoms with E-state index in [1.807, 2.05) is 13.0 Å². The van der Waals surface area contributed by atoms with E-state index >= 15 is 0 Å². The predicted octanol–water partition coefficient (Wildman–Crippen LogP) is 4.52. The summed E-state index contributed by atoms with van der Waals surface area (Å²) in [6, 6.07) is 7.12. The summed E-state index contributed by atoms with van der Waals surface area (Å²) in [7, 11) is 0. The van der Waals surface area contributed by atoms with Crippen LogP contribution in [0.3, 0.4) is 0 Å². The summed E-state index contributed by atoms with van der Waals surface area (Å²) in [6.45, 7) is 9.38. The molecule has 0 saturated heterocycles. The van der Waals surface area contributed by atoms with Crippen LogP contribution in [-0.2, 0) is 6.54 Å². The lowest BCUT2D eigenvalue weighted by molar-refractivity contribution is 0.0948. The summed E-state index contributed by atoms with van der Waals surface area (Å²) in [4.78, 5) is 25.4. The van der Waals surface area contributed by atoms with Crippen molar-refractivity contribution in [3.63, 3.8) is 0 Å². The van der Waals surface area contributed by atoms with Crippen LogP contribution in [0.25, 0.3) is 10.8 Å². The lowest BCUT2D eigenvalue weighted by atomic mass is 9.69. The van der Waals surface area contributed by atoms with Crippen molar-refractivity contribution in [3.05, 3.63) is 40.3 Å². The highest BCUT2D eigenvalue weighted by atomic mass is 16.2. The van der Waals surface area contributed by atoms with Gasteiger partial charge in [0.25, 0.3) is 11.5 Å². The first kappa shape index (κ1) is 21.2. The number of fused-ring (bicyclic) bond motifs is 1. The first-order chi connectivity index (χ1) is 13.9. The van der Waals surface area contributed by atoms with Crippen LogP contribution in [0.15, 0.2) is 34.2 Å². The first-order valence-corrected chi connectivity index (χ1v) is 10.7. The lowest BCUT2D eigenvalue weighted by Crippen LogP contribution is -2.31. The maximum absolute atomic E-state index is 12.8. The molecule has 1 saturated carbocycles. The normalized spacial score (nSPS) is 17.4. The summed E-state index contributed by atoms with van der Waals surface area (Å²) in [5.74, 6) is 0.333. The predicted molar refractivity (Wildman–Crippen MR) is 117 cm³/mol. The molecule has 6 heteroatoms. The fourth-order valence-corrected chi connectivity index (χ4v) is 4.08. The number of nitrogens with one attached hydrogen (secondary N) is 1. The van der Waals surface area contributed by atoms with E-state index in [-0.39, 0.29) is 17.2 Å². The van der Waals surface area contributed by atoms with E-state index in [4.69, 9.17) is 0 Å². The minimum atomic E-state index is -0.366. The average Bonchev–Trinajstić information content (AvgIpc) is 2.74. The molecular weight excluding hydrogens is 364 g/mol. The number of carbonyl (C=O) groups excluding carboxylic acids is 1. The summed E-state index contributed by atoms with van der Waals surface area (Å²) in [5.41, 5.74) is 4.16. The maximum atomic E-state index is 12.8. The van der Waals surface area contributed by atoms with Crippen LogP contribution in [0, 0.1) is 11.3 Å². The van der Waals surface area contributed by atoms with Crippen molar-refractivity contribution in [3.8, 4) is 0 Å². The molecule has 0 unspecified atom stereocenters. The monoisotopic (exact) mass is 396 g/mol. The molecule has 0 aliphatic heterocycles. The Kier molecular flexibility index (Phi) is 6.50. The van der Waals surface area contributed by atoms with Gasteiger partial charge in [-0.05, 0) is 49.5 Å². The average molecular weight is 397 g/mol. The molecule has 156 valence electrons. The Bertz CT molecular complexity index is 964. The molecule has 1 amide bonds. The van der Waals surface area contributed by atoms with Gasteiger partial charge in [0, 0.05) is 17.6 Å². The highest BCUT2D eigenvalue weighted by molar-refractivity contribution is 6.05. The van der Waals surface area contributed by atoms with Crippen molar-refractivity contribution < 1.29 is 4.79 Å². The SMILES string of the molecule is CCCn1nc(C(=O)NN=C2CCC(C(C)(C)CC)CC2)c2ccccc2c1=O. The molecule has 0 atom stereocenters. The first-order valence-electron chi connectivity index (χ1n) is 10.7. The van der Waals surface area contributed by atoms with Crippen molar-refractivity contribution in [2.45, 2.75) is 72.8 Å². The molecule has 1 aromatic heterocycles. The minimum absolute atomic E-state index is 0.165. The highest BCUT2D eigenvalue weighted by Gasteiger charge is 2.30. The van der Waals surface area contributed by atoms with E-state index in [0.717, 1.165) is 37.8 Å². The second-order valence-corrected chi connectivity index (χ2v) is 8.66. The summed E-state index contributed by atoms with van der Waals surface area (Å²) in [6.07, 6.45) is 5.99. The minimum Gasteiger partial charge on any atom is -0.267 e. The summed E-state index contributed by atoms with van der Waals surface area (Å²) in [5, 5.41) is 9.80. The highest BCUT2D eigenvalue weighted by Crippen LogP contribution is 2.39. The molecule has 2 aromatic rings. The summed E-state index contributed by atoms with van der Waals surface area (Å²) >= 11 is 0. The largest absolute Gasteiger partial charge is 0.292 e. The quantitative estimate of drug-likeness (QED) is 0.730. The Morgan fingerprint density at radius 2 is 1.86 bits per heavy atom. The Hall–Kier alpha value is -2.50. The lowest BCUT2D eigenvalue weighted by Gasteiger charge is -2.36. The van der Waals surface area contributed by atoms with Gasteiger partial charge in [0.05, 0.1) is 5.39 Å². The molecule has 1 aromatic carbocycles. The molecule has 1 heterocycles. The molecule has 3 rings (SSSR count). The van der Waals surface area contributed by atoms with Gasteiger partial charge in [-0.25, -0.2) is 10.1 Å². The van der Waals surface area contributed by atoms with Gasteiger partial charge in [-0.2, -0.15) is 10.2 Å². The molecule has 1 aliphatic carbocycles. The van der Waals surface area contributed by atoms with Crippen molar-refractivity contribution in [1.82, 2.24) is 15.2 Å². The third-order valence-corrected chi connectivity index (χ3v) is 6.41. The van der Waals surface area contributed by atoms with Gasteiger partial charge in [-0.3, -0.25) is 9.59 Å². The van der Waals surface area contributed by atoms with E-state index in [1.165, 1.54) is 11.1 Å². The van der Waals surface area contributed by atoms with Crippen LogP contribution in [0.1, 0.15) is 76.7 Å². The Morgan fingerprint density at radius 1 is 1.21 bits per heavy atom. The topological polar surface area (TPSA) is 76.3 Å². The number of aryl methyl sites for hydroxylation is 1. The van der Waals surface area contributed by atoms with Gasteiger partial charge in [0.15, 0.2) is 5.69 Å². The molecule has 6 nitrogen and oxygen atoms in total. The van der Waals surface area contributed by atoms with Crippen molar-refractivity contribution in [1.29, 1.82) is 0 Å². The third kappa shape index (κ3) is 4.57. The second-order valence-electron chi connectivity index (χ2n) is 8.66. The third-order valence-electron chi connectivity index (χ3n) is 6.41. The van der Waals surface area contributed by atoms with Crippen LogP contribution >= 0.6 is 0 Å². The van der Waals surface area contributed by atoms with Crippen molar-refractivity contribution in [2.24, 2.45) is 16.4 Å². The van der Waals surface area contributed by atoms with Crippen LogP contribution in [0.4, 0.5) is 0 Å². The number of hydrogen-bond donors (Lipinski definition) is 1. The summed E-state index contributed by atoms with van der Waals surface area (Å²) < 4.78 is 1.38. The fraction of sp³-hybridized carbons (Fsp3) is 0.565. The van der Waals surface area contributed by atoms with Gasteiger partial charge in [-0.15, -0.1) is 0 Å². The van der Waals surface area contributed by atoms with Crippen molar-refractivity contribution >= 4 is 22.4 Å². The Balaban J connectivity index is 1.78. The molecule has 0 spiro atoms. The number of amides is 1. The van der Waals surface area contributed by atoms with Gasteiger partial charge in [-0.1, -0.05) is 52.3 Å². The number of benzene rings is 1. The molecule has 1 fully saturated rings. The van der Waals surface area contributed by atoms with E-state index in [0.29, 0.717) is 28.7 Å². The number of rotatable bonds is 6. The van der Waals surface area contributed by atoms with E-state index in [1.54, 1.807) is 18.2 Å². The van der Waals surface area contributed by atoms with Crippen LogP contribution in [0.5, 0.6) is 0 Å². The van der Waals surface area contributed by atoms with Gasteiger partial charge in [0.2, 0.25) is 0 Å². The van der Waals surface area contributed by atoms with E-state index in [2.05, 4.69) is 36.4 Å². The van der Waals surface area contributed by atoms with E-state index < -0.39 is 0 Å². The number of hydrogen-bond acceptors (Lipinski definition) is 4. The molecule has 1 N–H and O–H groups in total. The smallest absolute Gasteiger partial charge is 0.267 e. The zero-order valence-corrected chi connectivity index (χ0v) is 18.0. The fourth-order valence-electron chi connectivity index (χ4n) is 4.08. The van der Waals surface area contributed by atoms with Gasteiger partial charge >= 0.3 is 0 Å². The molecule has 1 aliphatic rings. The molecular formula is C23H32N4O2. The van der Waals surface area contributed by atoms with Crippen LogP contribution in [0.2, 0.25) is 0 Å². The van der Waals surface area contributed by atoms with E-state index in [9.17, 15) is 9.59 Å². The van der Waals surface area contributed by atoms with Crippen LogP contribution < -0.4 is 11.0 Å². The Morgan fingerprint density at radius 3 is 2.48 bits per heavy atom. The molecule has 0 bridgehead atoms. The zero-order chi connectivity index (χ0) is 21.0. The number of nitrogens with zero attached hydrogens (tertiary/aromatic N) is 3. The second kappa shape index (κ2) is 8.89. The van der Waals surface area contributed by atoms with Crippen molar-refractivity contribution in [2.75, 3.05) is 0 Å².